The van der Waals surface area contributed by atoms with Crippen molar-refractivity contribution in [2.24, 2.45) is 5.92 Å². The number of sulfonamides is 1. The van der Waals surface area contributed by atoms with E-state index in [9.17, 15) is 13.2 Å². The molecule has 2 rings (SSSR count). The van der Waals surface area contributed by atoms with Gasteiger partial charge in [-0.05, 0) is 54.7 Å². The molecule has 0 heterocycles. The molecule has 30 heavy (non-hydrogen) atoms. The lowest BCUT2D eigenvalue weighted by atomic mass is 9.97. The topological polar surface area (TPSA) is 75.7 Å². The van der Waals surface area contributed by atoms with Gasteiger partial charge in [-0.25, -0.2) is 8.42 Å². The number of amides is 1. The largest absolute Gasteiger partial charge is 0.497 e. The van der Waals surface area contributed by atoms with Crippen molar-refractivity contribution in [2.45, 2.75) is 33.2 Å². The Morgan fingerprint density at radius 1 is 1.17 bits per heavy atom. The molecule has 1 amide bonds. The first-order chi connectivity index (χ1) is 14.0. The highest BCUT2D eigenvalue weighted by Gasteiger charge is 2.24. The van der Waals surface area contributed by atoms with E-state index in [4.69, 9.17) is 16.3 Å². The van der Waals surface area contributed by atoms with E-state index in [0.717, 1.165) is 21.9 Å². The van der Waals surface area contributed by atoms with Gasteiger partial charge in [0.2, 0.25) is 15.9 Å². The minimum absolute atomic E-state index is 0.245. The van der Waals surface area contributed by atoms with Crippen LogP contribution in [0.4, 0.5) is 5.69 Å². The number of benzene rings is 2. The summed E-state index contributed by atoms with van der Waals surface area (Å²) in [5.74, 6) is 0.674. The van der Waals surface area contributed by atoms with E-state index in [2.05, 4.69) is 19.2 Å². The summed E-state index contributed by atoms with van der Waals surface area (Å²) < 4.78 is 31.1. The molecule has 0 radical (unpaired) electrons. The Morgan fingerprint density at radius 2 is 1.80 bits per heavy atom. The van der Waals surface area contributed by atoms with Crippen molar-refractivity contribution in [3.63, 3.8) is 0 Å². The van der Waals surface area contributed by atoms with Gasteiger partial charge in [-0.15, -0.1) is 0 Å². The Labute approximate surface area is 184 Å². The monoisotopic (exact) mass is 452 g/mol. The van der Waals surface area contributed by atoms with Crippen LogP contribution in [0.5, 0.6) is 5.75 Å². The maximum atomic E-state index is 12.9. The van der Waals surface area contributed by atoms with Crippen molar-refractivity contribution < 1.29 is 17.9 Å². The van der Waals surface area contributed by atoms with E-state index in [1.807, 2.05) is 24.3 Å². The van der Waals surface area contributed by atoms with E-state index in [-0.39, 0.29) is 18.5 Å². The van der Waals surface area contributed by atoms with Crippen molar-refractivity contribution in [3.05, 3.63) is 58.6 Å². The molecule has 0 aliphatic rings. The van der Waals surface area contributed by atoms with Crippen LogP contribution in [0.3, 0.4) is 0 Å². The minimum atomic E-state index is -3.69. The Morgan fingerprint density at radius 3 is 2.33 bits per heavy atom. The molecular weight excluding hydrogens is 424 g/mol. The smallest absolute Gasteiger partial charge is 0.241 e. The highest BCUT2D eigenvalue weighted by atomic mass is 35.5. The fraction of sp³-hybridized carbons (Fsp3) is 0.409. The molecule has 0 bridgehead atoms. The van der Waals surface area contributed by atoms with Gasteiger partial charge in [-0.3, -0.25) is 9.10 Å². The van der Waals surface area contributed by atoms with E-state index in [1.54, 1.807) is 32.2 Å². The van der Waals surface area contributed by atoms with Crippen LogP contribution in [0.1, 0.15) is 37.4 Å². The first-order valence-electron chi connectivity index (χ1n) is 9.68. The number of nitrogens with one attached hydrogen (secondary N) is 1. The molecule has 1 atom stereocenters. The molecule has 6 nitrogen and oxygen atoms in total. The number of ether oxygens (including phenoxy) is 1. The number of hydrogen-bond donors (Lipinski definition) is 1. The van der Waals surface area contributed by atoms with Crippen LogP contribution in [-0.2, 0) is 14.8 Å². The van der Waals surface area contributed by atoms with Crippen LogP contribution in [0.2, 0.25) is 5.02 Å². The standard InChI is InChI=1S/C22H29ClN2O4S/c1-15(2)12-20(17-7-10-19(29-4)11-8-17)24-22(26)14-25(30(5,27)28)21-13-18(23)9-6-16(21)3/h6-11,13,15,20H,12,14H2,1-5H3,(H,24,26). The fourth-order valence-electron chi connectivity index (χ4n) is 3.19. The summed E-state index contributed by atoms with van der Waals surface area (Å²) >= 11 is 6.06. The van der Waals surface area contributed by atoms with E-state index in [1.165, 1.54) is 0 Å². The number of rotatable bonds is 9. The van der Waals surface area contributed by atoms with Crippen molar-refractivity contribution in [1.82, 2.24) is 5.32 Å². The maximum Gasteiger partial charge on any atom is 0.241 e. The SMILES string of the molecule is COc1ccc(C(CC(C)C)NC(=O)CN(c2cc(Cl)ccc2C)S(C)(=O)=O)cc1. The van der Waals surface area contributed by atoms with Crippen LogP contribution < -0.4 is 14.4 Å². The van der Waals surface area contributed by atoms with E-state index in [0.29, 0.717) is 28.6 Å². The van der Waals surface area contributed by atoms with Crippen molar-refractivity contribution >= 4 is 33.2 Å². The number of carbonyl (C=O) groups is 1. The number of anilines is 1. The number of hydrogen-bond acceptors (Lipinski definition) is 4. The highest BCUT2D eigenvalue weighted by Crippen LogP contribution is 2.27. The first-order valence-corrected chi connectivity index (χ1v) is 11.9. The van der Waals surface area contributed by atoms with Gasteiger partial charge in [0.25, 0.3) is 0 Å². The fourth-order valence-corrected chi connectivity index (χ4v) is 4.26. The second-order valence-electron chi connectivity index (χ2n) is 7.72. The molecule has 0 aliphatic heterocycles. The zero-order chi connectivity index (χ0) is 22.5. The molecule has 0 fully saturated rings. The van der Waals surface area contributed by atoms with Gasteiger partial charge >= 0.3 is 0 Å². The minimum Gasteiger partial charge on any atom is -0.497 e. The average molecular weight is 453 g/mol. The van der Waals surface area contributed by atoms with Crippen molar-refractivity contribution in [2.75, 3.05) is 24.2 Å². The molecule has 8 heteroatoms. The zero-order valence-electron chi connectivity index (χ0n) is 18.0. The molecule has 1 N–H and O–H groups in total. The summed E-state index contributed by atoms with van der Waals surface area (Å²) in [5, 5.41) is 3.39. The van der Waals surface area contributed by atoms with Crippen molar-refractivity contribution in [3.8, 4) is 5.75 Å². The Balaban J connectivity index is 2.27. The quantitative estimate of drug-likeness (QED) is 0.614. The molecule has 0 aliphatic carbocycles. The molecule has 2 aromatic carbocycles. The molecule has 0 spiro atoms. The Bertz CT molecular complexity index is 975. The second kappa shape index (κ2) is 10.2. The van der Waals surface area contributed by atoms with Gasteiger partial charge in [0.05, 0.1) is 25.1 Å². The normalized spacial score (nSPS) is 12.5. The van der Waals surface area contributed by atoms with Gasteiger partial charge in [0, 0.05) is 5.02 Å². The summed E-state index contributed by atoms with van der Waals surface area (Å²) in [5.41, 5.74) is 2.04. The third kappa shape index (κ3) is 6.64. The maximum absolute atomic E-state index is 12.9. The highest BCUT2D eigenvalue weighted by molar-refractivity contribution is 7.92. The second-order valence-corrected chi connectivity index (χ2v) is 10.1. The lowest BCUT2D eigenvalue weighted by molar-refractivity contribution is -0.120. The molecule has 1 unspecified atom stereocenters. The Kier molecular flexibility index (Phi) is 8.15. The predicted molar refractivity (Wildman–Crippen MR) is 122 cm³/mol. The van der Waals surface area contributed by atoms with Crippen molar-refractivity contribution in [1.29, 1.82) is 0 Å². The summed E-state index contributed by atoms with van der Waals surface area (Å²) in [6.07, 6.45) is 1.79. The van der Waals surface area contributed by atoms with E-state index >= 15 is 0 Å². The van der Waals surface area contributed by atoms with Gasteiger partial charge in [0.15, 0.2) is 0 Å². The van der Waals surface area contributed by atoms with E-state index < -0.39 is 10.0 Å². The number of aryl methyl sites for hydroxylation is 1. The average Bonchev–Trinajstić information content (AvgIpc) is 2.66. The number of carbonyl (C=O) groups excluding carboxylic acids is 1. The molecule has 164 valence electrons. The number of nitrogens with zero attached hydrogens (tertiary/aromatic N) is 1. The van der Waals surface area contributed by atoms with Crippen LogP contribution >= 0.6 is 11.6 Å². The summed E-state index contributed by atoms with van der Waals surface area (Å²) in [6.45, 7) is 5.59. The first kappa shape index (κ1) is 24.0. The third-order valence-corrected chi connectivity index (χ3v) is 6.05. The van der Waals surface area contributed by atoms with Crippen LogP contribution in [0.25, 0.3) is 0 Å². The summed E-state index contributed by atoms with van der Waals surface area (Å²) in [4.78, 5) is 12.9. The lowest BCUT2D eigenvalue weighted by Gasteiger charge is -2.26. The van der Waals surface area contributed by atoms with Gasteiger partial charge in [0.1, 0.15) is 12.3 Å². The van der Waals surface area contributed by atoms with Crippen LogP contribution in [0, 0.1) is 12.8 Å². The molecule has 0 saturated carbocycles. The summed E-state index contributed by atoms with van der Waals surface area (Å²) in [7, 11) is -2.09. The number of halogens is 1. The lowest BCUT2D eigenvalue weighted by Crippen LogP contribution is -2.42. The molecular formula is C22H29ClN2O4S. The van der Waals surface area contributed by atoms with Gasteiger partial charge in [-0.2, -0.15) is 0 Å². The summed E-state index contributed by atoms with van der Waals surface area (Å²) in [6, 6.07) is 12.2. The molecule has 0 saturated heterocycles. The number of methoxy groups -OCH3 is 1. The van der Waals surface area contributed by atoms with Crippen LogP contribution in [0.15, 0.2) is 42.5 Å². The zero-order valence-corrected chi connectivity index (χ0v) is 19.5. The third-order valence-electron chi connectivity index (χ3n) is 4.69. The van der Waals surface area contributed by atoms with Crippen LogP contribution in [-0.4, -0.2) is 34.2 Å². The van der Waals surface area contributed by atoms with Gasteiger partial charge in [-0.1, -0.05) is 43.6 Å². The Hall–Kier alpha value is -2.25. The molecule has 2 aromatic rings. The van der Waals surface area contributed by atoms with Gasteiger partial charge < -0.3 is 10.1 Å². The predicted octanol–water partition coefficient (Wildman–Crippen LogP) is 4.33. The molecule has 0 aromatic heterocycles.